The van der Waals surface area contributed by atoms with Gasteiger partial charge < -0.3 is 5.32 Å². The van der Waals surface area contributed by atoms with Gasteiger partial charge >= 0.3 is 0 Å². The third-order valence-corrected chi connectivity index (χ3v) is 3.34. The highest BCUT2D eigenvalue weighted by Crippen LogP contribution is 2.19. The molecule has 0 heterocycles. The van der Waals surface area contributed by atoms with Gasteiger partial charge in [-0.05, 0) is 29.9 Å². The standard InChI is InChI=1S/C15H22ClNO/c1-12-6-4-5-7-13(12)10-14(18)17-11-15(2,3)8-9-16/h4-7H,8-11H2,1-3H3,(H,17,18). The lowest BCUT2D eigenvalue weighted by Crippen LogP contribution is -2.35. The van der Waals surface area contributed by atoms with E-state index in [1.807, 2.05) is 31.2 Å². The summed E-state index contributed by atoms with van der Waals surface area (Å²) in [5.74, 6) is 0.702. The van der Waals surface area contributed by atoms with Gasteiger partial charge in [0.05, 0.1) is 6.42 Å². The van der Waals surface area contributed by atoms with Gasteiger partial charge in [-0.15, -0.1) is 11.6 Å². The Bertz CT molecular complexity index is 401. The number of hydrogen-bond acceptors (Lipinski definition) is 1. The molecule has 100 valence electrons. The van der Waals surface area contributed by atoms with Crippen LogP contribution in [0.4, 0.5) is 0 Å². The fraction of sp³-hybridized carbons (Fsp3) is 0.533. The summed E-state index contributed by atoms with van der Waals surface area (Å²) in [6.45, 7) is 6.93. The highest BCUT2D eigenvalue weighted by atomic mass is 35.5. The van der Waals surface area contributed by atoms with E-state index < -0.39 is 0 Å². The summed E-state index contributed by atoms with van der Waals surface area (Å²) in [5, 5.41) is 2.99. The molecule has 18 heavy (non-hydrogen) atoms. The SMILES string of the molecule is Cc1ccccc1CC(=O)NCC(C)(C)CCCl. The van der Waals surface area contributed by atoms with Crippen LogP contribution in [0.1, 0.15) is 31.4 Å². The molecule has 0 radical (unpaired) electrons. The van der Waals surface area contributed by atoms with Crippen molar-refractivity contribution in [3.05, 3.63) is 35.4 Å². The minimum Gasteiger partial charge on any atom is -0.355 e. The molecule has 1 amide bonds. The van der Waals surface area contributed by atoms with Gasteiger partial charge in [-0.1, -0.05) is 38.1 Å². The number of carbonyl (C=O) groups is 1. The molecule has 0 spiro atoms. The van der Waals surface area contributed by atoms with Crippen molar-refractivity contribution < 1.29 is 4.79 Å². The second-order valence-corrected chi connectivity index (χ2v) is 5.86. The molecular formula is C15H22ClNO. The Hall–Kier alpha value is -1.02. The zero-order chi connectivity index (χ0) is 13.6. The topological polar surface area (TPSA) is 29.1 Å². The average molecular weight is 268 g/mol. The molecule has 0 atom stereocenters. The highest BCUT2D eigenvalue weighted by molar-refractivity contribution is 6.17. The van der Waals surface area contributed by atoms with Crippen molar-refractivity contribution in [1.82, 2.24) is 5.32 Å². The Labute approximate surface area is 115 Å². The van der Waals surface area contributed by atoms with Gasteiger partial charge in [0.25, 0.3) is 0 Å². The van der Waals surface area contributed by atoms with Crippen LogP contribution in [-0.4, -0.2) is 18.3 Å². The van der Waals surface area contributed by atoms with Crippen LogP contribution in [0.3, 0.4) is 0 Å². The van der Waals surface area contributed by atoms with Crippen LogP contribution < -0.4 is 5.32 Å². The zero-order valence-electron chi connectivity index (χ0n) is 11.4. The van der Waals surface area contributed by atoms with Gasteiger partial charge in [0.15, 0.2) is 0 Å². The Morgan fingerprint density at radius 1 is 1.33 bits per heavy atom. The summed E-state index contributed by atoms with van der Waals surface area (Å²) in [5.41, 5.74) is 2.31. The fourth-order valence-electron chi connectivity index (χ4n) is 1.73. The van der Waals surface area contributed by atoms with Gasteiger partial charge in [0.2, 0.25) is 5.91 Å². The van der Waals surface area contributed by atoms with E-state index in [2.05, 4.69) is 19.2 Å². The summed E-state index contributed by atoms with van der Waals surface area (Å²) < 4.78 is 0. The molecular weight excluding hydrogens is 246 g/mol. The second-order valence-electron chi connectivity index (χ2n) is 5.48. The third-order valence-electron chi connectivity index (χ3n) is 3.15. The lowest BCUT2D eigenvalue weighted by molar-refractivity contribution is -0.120. The largest absolute Gasteiger partial charge is 0.355 e. The van der Waals surface area contributed by atoms with E-state index in [9.17, 15) is 4.79 Å². The molecule has 1 rings (SSSR count). The molecule has 1 N–H and O–H groups in total. The first-order chi connectivity index (χ1) is 8.44. The summed E-state index contributed by atoms with van der Waals surface area (Å²) in [6, 6.07) is 7.98. The van der Waals surface area contributed by atoms with E-state index in [1.54, 1.807) is 0 Å². The Morgan fingerprint density at radius 3 is 2.61 bits per heavy atom. The smallest absolute Gasteiger partial charge is 0.224 e. The number of amides is 1. The van der Waals surface area contributed by atoms with Gasteiger partial charge in [-0.2, -0.15) is 0 Å². The van der Waals surface area contributed by atoms with Crippen molar-refractivity contribution in [3.8, 4) is 0 Å². The van der Waals surface area contributed by atoms with E-state index in [4.69, 9.17) is 11.6 Å². The van der Waals surface area contributed by atoms with Crippen molar-refractivity contribution in [2.24, 2.45) is 5.41 Å². The van der Waals surface area contributed by atoms with E-state index in [0.717, 1.165) is 17.5 Å². The van der Waals surface area contributed by atoms with E-state index in [0.29, 0.717) is 18.8 Å². The third kappa shape index (κ3) is 5.09. The Balaban J connectivity index is 2.46. The first kappa shape index (κ1) is 15.0. The van der Waals surface area contributed by atoms with Crippen molar-refractivity contribution in [3.63, 3.8) is 0 Å². The number of alkyl halides is 1. The Morgan fingerprint density at radius 2 is 2.00 bits per heavy atom. The molecule has 0 saturated carbocycles. The average Bonchev–Trinajstić information content (AvgIpc) is 2.30. The normalized spacial score (nSPS) is 11.3. The molecule has 0 saturated heterocycles. The number of halogens is 1. The van der Waals surface area contributed by atoms with Crippen LogP contribution >= 0.6 is 11.6 Å². The van der Waals surface area contributed by atoms with E-state index in [-0.39, 0.29) is 11.3 Å². The lowest BCUT2D eigenvalue weighted by atomic mass is 9.90. The molecule has 0 unspecified atom stereocenters. The van der Waals surface area contributed by atoms with Gasteiger partial charge in [-0.25, -0.2) is 0 Å². The van der Waals surface area contributed by atoms with Crippen molar-refractivity contribution in [2.45, 2.75) is 33.6 Å². The minimum atomic E-state index is 0.0587. The monoisotopic (exact) mass is 267 g/mol. The van der Waals surface area contributed by atoms with Crippen molar-refractivity contribution in [1.29, 1.82) is 0 Å². The van der Waals surface area contributed by atoms with Crippen LogP contribution in [0.5, 0.6) is 0 Å². The fourth-order valence-corrected chi connectivity index (χ4v) is 2.24. The summed E-state index contributed by atoms with van der Waals surface area (Å²) in [4.78, 5) is 11.9. The molecule has 0 aliphatic heterocycles. The van der Waals surface area contributed by atoms with Crippen LogP contribution in [0, 0.1) is 12.3 Å². The molecule has 0 fully saturated rings. The molecule has 0 aliphatic rings. The summed E-state index contributed by atoms with van der Waals surface area (Å²) >= 11 is 5.74. The minimum absolute atomic E-state index is 0.0587. The maximum Gasteiger partial charge on any atom is 0.224 e. The van der Waals surface area contributed by atoms with Crippen molar-refractivity contribution >= 4 is 17.5 Å². The zero-order valence-corrected chi connectivity index (χ0v) is 12.2. The van der Waals surface area contributed by atoms with Crippen LogP contribution in [0.15, 0.2) is 24.3 Å². The summed E-state index contributed by atoms with van der Waals surface area (Å²) in [7, 11) is 0. The number of benzene rings is 1. The highest BCUT2D eigenvalue weighted by Gasteiger charge is 2.18. The van der Waals surface area contributed by atoms with Gasteiger partial charge in [0, 0.05) is 12.4 Å². The maximum absolute atomic E-state index is 11.9. The van der Waals surface area contributed by atoms with E-state index in [1.165, 1.54) is 0 Å². The van der Waals surface area contributed by atoms with Crippen LogP contribution in [0.25, 0.3) is 0 Å². The molecule has 2 nitrogen and oxygen atoms in total. The molecule has 0 bridgehead atoms. The predicted octanol–water partition coefficient (Wildman–Crippen LogP) is 3.31. The van der Waals surface area contributed by atoms with Gasteiger partial charge in [0.1, 0.15) is 0 Å². The predicted molar refractivity (Wildman–Crippen MR) is 77.0 cm³/mol. The maximum atomic E-state index is 11.9. The number of aryl methyl sites for hydroxylation is 1. The quantitative estimate of drug-likeness (QED) is 0.788. The lowest BCUT2D eigenvalue weighted by Gasteiger charge is -2.23. The number of hydrogen-bond donors (Lipinski definition) is 1. The molecule has 3 heteroatoms. The molecule has 1 aromatic carbocycles. The summed E-state index contributed by atoms with van der Waals surface area (Å²) in [6.07, 6.45) is 1.35. The van der Waals surface area contributed by atoms with Gasteiger partial charge in [-0.3, -0.25) is 4.79 Å². The van der Waals surface area contributed by atoms with Crippen molar-refractivity contribution in [2.75, 3.05) is 12.4 Å². The molecule has 1 aromatic rings. The number of nitrogens with one attached hydrogen (secondary N) is 1. The number of carbonyl (C=O) groups excluding carboxylic acids is 1. The molecule has 0 aromatic heterocycles. The first-order valence-electron chi connectivity index (χ1n) is 6.32. The second kappa shape index (κ2) is 6.79. The Kier molecular flexibility index (Phi) is 5.67. The molecule has 0 aliphatic carbocycles. The first-order valence-corrected chi connectivity index (χ1v) is 6.85. The van der Waals surface area contributed by atoms with Crippen LogP contribution in [-0.2, 0) is 11.2 Å². The number of rotatable bonds is 6. The van der Waals surface area contributed by atoms with E-state index >= 15 is 0 Å². The van der Waals surface area contributed by atoms with Crippen LogP contribution in [0.2, 0.25) is 0 Å².